The Bertz CT molecular complexity index is 609. The van der Waals surface area contributed by atoms with Crippen molar-refractivity contribution < 1.29 is 22.3 Å². The van der Waals surface area contributed by atoms with Gasteiger partial charge in [-0.25, -0.2) is 17.5 Å². The number of carbonyl (C=O) groups is 1. The average molecular weight is 301 g/mol. The van der Waals surface area contributed by atoms with Gasteiger partial charge >= 0.3 is 0 Å². The summed E-state index contributed by atoms with van der Waals surface area (Å²) in [6.07, 6.45) is 1.37. The maximum absolute atomic E-state index is 13.4. The molecule has 0 radical (unpaired) electrons. The third kappa shape index (κ3) is 3.55. The lowest BCUT2D eigenvalue weighted by atomic mass is 10.2. The molecule has 5 nitrogen and oxygen atoms in total. The van der Waals surface area contributed by atoms with E-state index >= 15 is 0 Å². The first-order chi connectivity index (χ1) is 9.38. The fraction of sp³-hybridized carbons (Fsp3) is 0.462. The van der Waals surface area contributed by atoms with Crippen molar-refractivity contribution in [3.05, 3.63) is 29.6 Å². The summed E-state index contributed by atoms with van der Waals surface area (Å²) in [5.74, 6) is -1.27. The number of benzene rings is 1. The van der Waals surface area contributed by atoms with Gasteiger partial charge in [0.25, 0.3) is 10.0 Å². The van der Waals surface area contributed by atoms with Crippen molar-refractivity contribution in [3.8, 4) is 0 Å². The van der Waals surface area contributed by atoms with Crippen LogP contribution in [0.15, 0.2) is 23.1 Å². The Morgan fingerprint density at radius 2 is 2.25 bits per heavy atom. The van der Waals surface area contributed by atoms with Crippen LogP contribution in [0.3, 0.4) is 0 Å². The first-order valence-corrected chi connectivity index (χ1v) is 7.80. The van der Waals surface area contributed by atoms with Crippen LogP contribution in [0.1, 0.15) is 24.8 Å². The molecule has 1 N–H and O–H groups in total. The number of ether oxygens (including phenoxy) is 1. The van der Waals surface area contributed by atoms with Crippen molar-refractivity contribution in [2.75, 3.05) is 6.61 Å². The molecule has 1 fully saturated rings. The number of aryl methyl sites for hydroxylation is 1. The Balaban J connectivity index is 2.06. The minimum absolute atomic E-state index is 0.00638. The largest absolute Gasteiger partial charge is 0.378 e. The summed E-state index contributed by atoms with van der Waals surface area (Å²) in [5, 5.41) is 0. The molecule has 1 aliphatic heterocycles. The highest BCUT2D eigenvalue weighted by molar-refractivity contribution is 7.90. The number of nitrogens with one attached hydrogen (secondary N) is 1. The fourth-order valence-corrected chi connectivity index (χ4v) is 3.01. The number of amides is 1. The summed E-state index contributed by atoms with van der Waals surface area (Å²) in [6.45, 7) is 2.12. The summed E-state index contributed by atoms with van der Waals surface area (Å²) in [4.78, 5) is 11.4. The highest BCUT2D eigenvalue weighted by Crippen LogP contribution is 2.17. The van der Waals surface area contributed by atoms with Gasteiger partial charge in [0.15, 0.2) is 0 Å². The fourth-order valence-electron chi connectivity index (χ4n) is 2.00. The molecule has 0 aromatic heterocycles. The van der Waals surface area contributed by atoms with E-state index in [1.807, 2.05) is 4.72 Å². The smallest absolute Gasteiger partial charge is 0.264 e. The third-order valence-electron chi connectivity index (χ3n) is 3.14. The summed E-state index contributed by atoms with van der Waals surface area (Å²) in [7, 11) is -4.04. The van der Waals surface area contributed by atoms with Gasteiger partial charge in [-0.05, 0) is 37.5 Å². The molecule has 0 bridgehead atoms. The summed E-state index contributed by atoms with van der Waals surface area (Å²) in [5.41, 5.74) is 0.342. The average Bonchev–Trinajstić information content (AvgIpc) is 2.84. The summed E-state index contributed by atoms with van der Waals surface area (Å²) in [6, 6.07) is 3.52. The van der Waals surface area contributed by atoms with Crippen molar-refractivity contribution in [2.24, 2.45) is 0 Å². The SMILES string of the molecule is Cc1ccc(S(=O)(=O)NC(=O)CC2CCCO2)cc1F. The molecule has 1 atom stereocenters. The number of halogens is 1. The zero-order chi connectivity index (χ0) is 14.8. The van der Waals surface area contributed by atoms with E-state index < -0.39 is 21.7 Å². The van der Waals surface area contributed by atoms with Crippen LogP contribution in [-0.2, 0) is 19.6 Å². The van der Waals surface area contributed by atoms with Crippen LogP contribution in [0.5, 0.6) is 0 Å². The zero-order valence-electron chi connectivity index (χ0n) is 11.1. The first-order valence-electron chi connectivity index (χ1n) is 6.32. The van der Waals surface area contributed by atoms with Gasteiger partial charge in [0.05, 0.1) is 17.4 Å². The summed E-state index contributed by atoms with van der Waals surface area (Å²) < 4.78 is 44.5. The van der Waals surface area contributed by atoms with Gasteiger partial charge in [-0.1, -0.05) is 6.07 Å². The molecule has 2 rings (SSSR count). The van der Waals surface area contributed by atoms with E-state index in [0.717, 1.165) is 18.9 Å². The lowest BCUT2D eigenvalue weighted by Gasteiger charge is -2.10. The molecule has 0 aliphatic carbocycles. The number of rotatable bonds is 4. The van der Waals surface area contributed by atoms with Crippen molar-refractivity contribution in [1.29, 1.82) is 0 Å². The maximum atomic E-state index is 13.4. The number of carbonyl (C=O) groups excluding carboxylic acids is 1. The van der Waals surface area contributed by atoms with E-state index in [1.165, 1.54) is 19.1 Å². The van der Waals surface area contributed by atoms with E-state index in [4.69, 9.17) is 4.74 Å². The first kappa shape index (κ1) is 14.9. The predicted molar refractivity (Wildman–Crippen MR) is 70.1 cm³/mol. The third-order valence-corrected chi connectivity index (χ3v) is 4.51. The van der Waals surface area contributed by atoms with Gasteiger partial charge in [0.2, 0.25) is 5.91 Å². The molecule has 1 aromatic carbocycles. The molecule has 110 valence electrons. The summed E-state index contributed by atoms with van der Waals surface area (Å²) >= 11 is 0. The minimum Gasteiger partial charge on any atom is -0.378 e. The Morgan fingerprint density at radius 3 is 2.85 bits per heavy atom. The van der Waals surface area contributed by atoms with Crippen molar-refractivity contribution >= 4 is 15.9 Å². The number of hydrogen-bond acceptors (Lipinski definition) is 4. The molecule has 1 aliphatic rings. The van der Waals surface area contributed by atoms with Gasteiger partial charge in [-0.3, -0.25) is 4.79 Å². The molecule has 20 heavy (non-hydrogen) atoms. The quantitative estimate of drug-likeness (QED) is 0.915. The van der Waals surface area contributed by atoms with Gasteiger partial charge in [-0.15, -0.1) is 0 Å². The standard InChI is InChI=1S/C13H16FNO4S/c1-9-4-5-11(8-12(9)14)20(17,18)15-13(16)7-10-3-2-6-19-10/h4-5,8,10H,2-3,6-7H2,1H3,(H,15,16). The van der Waals surface area contributed by atoms with E-state index in [0.29, 0.717) is 12.2 Å². The van der Waals surface area contributed by atoms with Crippen LogP contribution in [0.25, 0.3) is 0 Å². The zero-order valence-corrected chi connectivity index (χ0v) is 11.9. The normalized spacial score (nSPS) is 19.0. The Labute approximate surface area is 117 Å². The molecular weight excluding hydrogens is 285 g/mol. The molecule has 1 amide bonds. The van der Waals surface area contributed by atoms with E-state index in [9.17, 15) is 17.6 Å². The Hall–Kier alpha value is -1.47. The second-order valence-electron chi connectivity index (χ2n) is 4.78. The van der Waals surface area contributed by atoms with Crippen molar-refractivity contribution in [1.82, 2.24) is 4.72 Å². The van der Waals surface area contributed by atoms with Crippen LogP contribution in [0.2, 0.25) is 0 Å². The topological polar surface area (TPSA) is 72.5 Å². The molecule has 0 spiro atoms. The van der Waals surface area contributed by atoms with E-state index in [-0.39, 0.29) is 17.4 Å². The van der Waals surface area contributed by atoms with E-state index in [2.05, 4.69) is 0 Å². The monoisotopic (exact) mass is 301 g/mol. The van der Waals surface area contributed by atoms with Crippen molar-refractivity contribution in [3.63, 3.8) is 0 Å². The van der Waals surface area contributed by atoms with Gasteiger partial charge in [0, 0.05) is 6.61 Å². The van der Waals surface area contributed by atoms with Crippen LogP contribution >= 0.6 is 0 Å². The van der Waals surface area contributed by atoms with E-state index in [1.54, 1.807) is 0 Å². The van der Waals surface area contributed by atoms with Gasteiger partial charge in [0.1, 0.15) is 5.82 Å². The highest BCUT2D eigenvalue weighted by atomic mass is 32.2. The Morgan fingerprint density at radius 1 is 1.50 bits per heavy atom. The lowest BCUT2D eigenvalue weighted by molar-refractivity contribution is -0.121. The molecular formula is C13H16FNO4S. The van der Waals surface area contributed by atoms with Gasteiger partial charge in [-0.2, -0.15) is 0 Å². The minimum atomic E-state index is -4.04. The number of sulfonamides is 1. The molecule has 1 saturated heterocycles. The van der Waals surface area contributed by atoms with Crippen molar-refractivity contribution in [2.45, 2.75) is 37.2 Å². The van der Waals surface area contributed by atoms with Crippen LogP contribution in [-0.4, -0.2) is 27.0 Å². The molecule has 0 saturated carbocycles. The van der Waals surface area contributed by atoms with Crippen LogP contribution in [0, 0.1) is 12.7 Å². The van der Waals surface area contributed by atoms with Crippen LogP contribution in [0.4, 0.5) is 4.39 Å². The van der Waals surface area contributed by atoms with Gasteiger partial charge < -0.3 is 4.74 Å². The Kier molecular flexibility index (Phi) is 4.39. The second kappa shape index (κ2) is 5.88. The second-order valence-corrected chi connectivity index (χ2v) is 6.46. The molecule has 1 aromatic rings. The number of hydrogen-bond donors (Lipinski definition) is 1. The van der Waals surface area contributed by atoms with Crippen LogP contribution < -0.4 is 4.72 Å². The molecule has 1 unspecified atom stereocenters. The molecule has 1 heterocycles. The maximum Gasteiger partial charge on any atom is 0.264 e. The molecule has 7 heteroatoms. The lowest BCUT2D eigenvalue weighted by Crippen LogP contribution is -2.33. The highest BCUT2D eigenvalue weighted by Gasteiger charge is 2.23. The predicted octanol–water partition coefficient (Wildman–Crippen LogP) is 1.51.